The average Bonchev–Trinajstić information content (AvgIpc) is 3.43. The van der Waals surface area contributed by atoms with Crippen molar-refractivity contribution in [2.45, 2.75) is 19.9 Å². The molecule has 32 heavy (non-hydrogen) atoms. The number of Topliss-reactive ketones (excluding diaryl/α,β-unsaturated/α-hetero) is 1. The zero-order valence-electron chi connectivity index (χ0n) is 17.2. The molecule has 10 heteroatoms. The molecule has 1 aliphatic heterocycles. The molecule has 8 nitrogen and oxygen atoms in total. The number of aromatic nitrogens is 1. The fraction of sp³-hybridized carbons (Fsp3) is 0.182. The third-order valence-electron chi connectivity index (χ3n) is 4.94. The van der Waals surface area contributed by atoms with Crippen LogP contribution in [0.4, 0.5) is 5.13 Å². The lowest BCUT2D eigenvalue weighted by molar-refractivity contribution is -0.117. The lowest BCUT2D eigenvalue weighted by Crippen LogP contribution is -2.31. The van der Waals surface area contributed by atoms with Crippen LogP contribution in [-0.4, -0.2) is 34.9 Å². The highest BCUT2D eigenvalue weighted by Crippen LogP contribution is 2.44. The van der Waals surface area contributed by atoms with Crippen LogP contribution in [0.2, 0.25) is 0 Å². The zero-order chi connectivity index (χ0) is 23.2. The SMILES string of the molecule is COC(=O)c1sc(N2C(=O)C(O)=C(C(=O)c3ccc(C)o3)C2c2cccc(Br)c2)nc1C. The van der Waals surface area contributed by atoms with Crippen molar-refractivity contribution in [1.29, 1.82) is 0 Å². The summed E-state index contributed by atoms with van der Waals surface area (Å²) in [6, 6.07) is 9.17. The van der Waals surface area contributed by atoms with Gasteiger partial charge in [-0.05, 0) is 43.7 Å². The second-order valence-corrected chi connectivity index (χ2v) is 8.93. The maximum Gasteiger partial charge on any atom is 0.350 e. The number of halogens is 1. The minimum Gasteiger partial charge on any atom is -0.503 e. The van der Waals surface area contributed by atoms with Gasteiger partial charge in [-0.2, -0.15) is 0 Å². The van der Waals surface area contributed by atoms with Gasteiger partial charge in [-0.1, -0.05) is 39.4 Å². The monoisotopic (exact) mass is 516 g/mol. The number of esters is 1. The second kappa shape index (κ2) is 8.36. The van der Waals surface area contributed by atoms with E-state index in [0.29, 0.717) is 17.0 Å². The van der Waals surface area contributed by atoms with Crippen molar-refractivity contribution < 1.29 is 28.6 Å². The van der Waals surface area contributed by atoms with Gasteiger partial charge in [-0.3, -0.25) is 14.5 Å². The van der Waals surface area contributed by atoms with Gasteiger partial charge in [0.2, 0.25) is 5.78 Å². The summed E-state index contributed by atoms with van der Waals surface area (Å²) in [5, 5.41) is 10.9. The Morgan fingerprint density at radius 2 is 2.00 bits per heavy atom. The summed E-state index contributed by atoms with van der Waals surface area (Å²) < 4.78 is 11.0. The maximum atomic E-state index is 13.3. The number of amides is 1. The molecule has 164 valence electrons. The van der Waals surface area contributed by atoms with Crippen LogP contribution in [0, 0.1) is 13.8 Å². The van der Waals surface area contributed by atoms with E-state index >= 15 is 0 Å². The summed E-state index contributed by atoms with van der Waals surface area (Å²) in [6.07, 6.45) is 0. The highest BCUT2D eigenvalue weighted by atomic mass is 79.9. The van der Waals surface area contributed by atoms with Crippen LogP contribution in [-0.2, 0) is 9.53 Å². The lowest BCUT2D eigenvalue weighted by Gasteiger charge is -2.24. The van der Waals surface area contributed by atoms with Crippen molar-refractivity contribution in [3.63, 3.8) is 0 Å². The van der Waals surface area contributed by atoms with E-state index in [-0.39, 0.29) is 21.3 Å². The van der Waals surface area contributed by atoms with E-state index in [9.17, 15) is 19.5 Å². The van der Waals surface area contributed by atoms with E-state index in [1.54, 1.807) is 44.2 Å². The molecule has 1 unspecified atom stereocenters. The summed E-state index contributed by atoms with van der Waals surface area (Å²) >= 11 is 4.35. The van der Waals surface area contributed by atoms with Crippen LogP contribution < -0.4 is 4.90 Å². The number of rotatable bonds is 5. The third kappa shape index (κ3) is 3.65. The molecule has 1 aliphatic rings. The Bertz CT molecular complexity index is 1290. The molecule has 1 amide bonds. The summed E-state index contributed by atoms with van der Waals surface area (Å²) in [5.41, 5.74) is 0.810. The molecule has 3 heterocycles. The van der Waals surface area contributed by atoms with E-state index < -0.39 is 29.5 Å². The van der Waals surface area contributed by atoms with Crippen LogP contribution in [0.25, 0.3) is 0 Å². The molecule has 1 aromatic carbocycles. The van der Waals surface area contributed by atoms with E-state index in [1.807, 2.05) is 0 Å². The Kier molecular flexibility index (Phi) is 5.74. The smallest absolute Gasteiger partial charge is 0.350 e. The van der Waals surface area contributed by atoms with Gasteiger partial charge in [0, 0.05) is 4.47 Å². The number of nitrogens with zero attached hydrogens (tertiary/aromatic N) is 2. The molecular weight excluding hydrogens is 500 g/mol. The normalized spacial score (nSPS) is 16.1. The Morgan fingerprint density at radius 3 is 2.62 bits per heavy atom. The molecule has 1 N–H and O–H groups in total. The molecule has 0 saturated carbocycles. The number of benzene rings is 1. The predicted octanol–water partition coefficient (Wildman–Crippen LogP) is 4.68. The number of hydrogen-bond acceptors (Lipinski definition) is 8. The number of aryl methyl sites for hydroxylation is 2. The van der Waals surface area contributed by atoms with Crippen LogP contribution in [0.15, 0.2) is 56.6 Å². The summed E-state index contributed by atoms with van der Waals surface area (Å²) in [6.45, 7) is 3.31. The maximum absolute atomic E-state index is 13.3. The quantitative estimate of drug-likeness (QED) is 0.387. The third-order valence-corrected chi connectivity index (χ3v) is 6.57. The first-order valence-corrected chi connectivity index (χ1v) is 11.0. The van der Waals surface area contributed by atoms with Crippen LogP contribution in [0.5, 0.6) is 0 Å². The van der Waals surface area contributed by atoms with Gasteiger partial charge in [-0.15, -0.1) is 0 Å². The second-order valence-electron chi connectivity index (χ2n) is 7.04. The van der Waals surface area contributed by atoms with Crippen LogP contribution >= 0.6 is 27.3 Å². The van der Waals surface area contributed by atoms with Gasteiger partial charge < -0.3 is 14.3 Å². The summed E-state index contributed by atoms with van der Waals surface area (Å²) in [7, 11) is 1.25. The first kappa shape index (κ1) is 22.0. The number of carbonyl (C=O) groups excluding carboxylic acids is 3. The molecule has 0 spiro atoms. The number of hydrogen-bond donors (Lipinski definition) is 1. The van der Waals surface area contributed by atoms with E-state index in [1.165, 1.54) is 18.1 Å². The molecule has 2 aromatic heterocycles. The van der Waals surface area contributed by atoms with E-state index in [2.05, 4.69) is 20.9 Å². The van der Waals surface area contributed by atoms with E-state index in [0.717, 1.165) is 15.8 Å². The van der Waals surface area contributed by atoms with Crippen LogP contribution in [0.1, 0.15) is 43.3 Å². The summed E-state index contributed by atoms with van der Waals surface area (Å²) in [4.78, 5) is 44.3. The molecule has 1 atom stereocenters. The minimum atomic E-state index is -0.978. The van der Waals surface area contributed by atoms with Gasteiger partial charge in [0.05, 0.1) is 24.4 Å². The van der Waals surface area contributed by atoms with Gasteiger partial charge >= 0.3 is 5.97 Å². The minimum absolute atomic E-state index is 0.00395. The fourth-order valence-electron chi connectivity index (χ4n) is 3.48. The topological polar surface area (TPSA) is 110 Å². The number of furan rings is 1. The Morgan fingerprint density at radius 1 is 1.25 bits per heavy atom. The van der Waals surface area contributed by atoms with Crippen molar-refractivity contribution in [1.82, 2.24) is 4.98 Å². The molecule has 3 aromatic rings. The van der Waals surface area contributed by atoms with Crippen molar-refractivity contribution in [2.75, 3.05) is 12.0 Å². The van der Waals surface area contributed by atoms with Crippen molar-refractivity contribution in [3.8, 4) is 0 Å². The van der Waals surface area contributed by atoms with Gasteiger partial charge in [-0.25, -0.2) is 9.78 Å². The van der Waals surface area contributed by atoms with E-state index in [4.69, 9.17) is 9.15 Å². The number of ketones is 1. The zero-order valence-corrected chi connectivity index (χ0v) is 19.6. The average molecular weight is 517 g/mol. The number of methoxy groups -OCH3 is 1. The van der Waals surface area contributed by atoms with Crippen LogP contribution in [0.3, 0.4) is 0 Å². The molecule has 0 aliphatic carbocycles. The molecule has 0 saturated heterocycles. The molecule has 0 bridgehead atoms. The summed E-state index contributed by atoms with van der Waals surface area (Å²) in [5.74, 6) is -2.17. The molecule has 4 rings (SSSR count). The highest BCUT2D eigenvalue weighted by molar-refractivity contribution is 9.10. The van der Waals surface area contributed by atoms with Gasteiger partial charge in [0.1, 0.15) is 10.6 Å². The van der Waals surface area contributed by atoms with Gasteiger partial charge in [0.25, 0.3) is 5.91 Å². The Hall–Kier alpha value is -3.24. The van der Waals surface area contributed by atoms with Crippen molar-refractivity contribution in [2.24, 2.45) is 0 Å². The number of thiazole rings is 1. The number of aliphatic hydroxyl groups excluding tert-OH is 1. The first-order chi connectivity index (χ1) is 15.2. The standard InChI is InChI=1S/C22H17BrN2O6S/c1-10-7-8-14(31-10)17(26)15-16(12-5-4-6-13(23)9-12)25(20(28)18(15)27)22-24-11(2)19(32-22)21(29)30-3/h4-9,16,27H,1-3H3. The van der Waals surface area contributed by atoms with Gasteiger partial charge in [0.15, 0.2) is 16.7 Å². The lowest BCUT2D eigenvalue weighted by atomic mass is 9.95. The van der Waals surface area contributed by atoms with Crippen molar-refractivity contribution >= 4 is 50.1 Å². The Balaban J connectivity index is 1.88. The fourth-order valence-corrected chi connectivity index (χ4v) is 4.91. The molecular formula is C22H17BrN2O6S. The number of anilines is 1. The molecule has 0 radical (unpaired) electrons. The molecule has 0 fully saturated rings. The Labute approximate surface area is 195 Å². The van der Waals surface area contributed by atoms with Crippen molar-refractivity contribution in [3.05, 3.63) is 79.9 Å². The number of ether oxygens (including phenoxy) is 1. The predicted molar refractivity (Wildman–Crippen MR) is 120 cm³/mol. The number of aliphatic hydroxyl groups is 1. The number of carbonyl (C=O) groups is 3. The highest BCUT2D eigenvalue weighted by Gasteiger charge is 2.46. The first-order valence-electron chi connectivity index (χ1n) is 9.42. The largest absolute Gasteiger partial charge is 0.503 e.